The predicted molar refractivity (Wildman–Crippen MR) is 82.5 cm³/mol. The monoisotopic (exact) mass is 352 g/mol. The molecule has 8 heteroatoms. The second-order valence-corrected chi connectivity index (χ2v) is 5.86. The molecule has 4 nitrogen and oxygen atoms in total. The van der Waals surface area contributed by atoms with Crippen LogP contribution in [0.3, 0.4) is 0 Å². The van der Waals surface area contributed by atoms with Crippen LogP contribution in [0.5, 0.6) is 5.75 Å². The van der Waals surface area contributed by atoms with Gasteiger partial charge in [0.25, 0.3) is 5.91 Å². The van der Waals surface area contributed by atoms with E-state index in [1.165, 1.54) is 18.2 Å². The van der Waals surface area contributed by atoms with Gasteiger partial charge in [0.1, 0.15) is 5.75 Å². The number of nitrogens with zero attached hydrogens (tertiary/aromatic N) is 1. The van der Waals surface area contributed by atoms with Gasteiger partial charge in [-0.2, -0.15) is 13.2 Å². The number of carbonyl (C=O) groups excluding carboxylic acids is 1. The second-order valence-electron chi connectivity index (χ2n) is 5.86. The summed E-state index contributed by atoms with van der Waals surface area (Å²) in [5.74, 6) is -0.654. The van der Waals surface area contributed by atoms with Crippen LogP contribution in [0.25, 0.3) is 0 Å². The minimum Gasteiger partial charge on any atom is -0.483 e. The average Bonchev–Trinajstić information content (AvgIpc) is 2.87. The van der Waals surface area contributed by atoms with E-state index in [-0.39, 0.29) is 29.5 Å². The molecule has 0 radical (unpaired) electrons. The number of hydrogen-bond donors (Lipinski definition) is 1. The van der Waals surface area contributed by atoms with E-state index in [1.54, 1.807) is 4.90 Å². The zero-order valence-electron chi connectivity index (χ0n) is 12.7. The molecule has 1 heterocycles. The van der Waals surface area contributed by atoms with Crippen LogP contribution < -0.4 is 10.5 Å². The number of halogens is 4. The third kappa shape index (κ3) is 4.75. The molecule has 1 atom stereocenters. The summed E-state index contributed by atoms with van der Waals surface area (Å²) in [6.07, 6.45) is -3.72. The molecule has 0 saturated carbocycles. The van der Waals surface area contributed by atoms with Crippen molar-refractivity contribution in [1.82, 2.24) is 4.90 Å². The number of benzene rings is 1. The fourth-order valence-corrected chi connectivity index (χ4v) is 2.46. The first-order valence-corrected chi connectivity index (χ1v) is 7.02. The summed E-state index contributed by atoms with van der Waals surface area (Å²) in [5.41, 5.74) is 4.66. The average molecular weight is 353 g/mol. The van der Waals surface area contributed by atoms with Gasteiger partial charge in [-0.1, -0.05) is 19.1 Å². The standard InChI is InChI=1S/C15H19F3N2O2.ClH/c1-14(9-19)6-7-20(10-14)13(21)8-22-12-5-3-2-4-11(12)15(16,17)18;/h2-5H,6-10,19H2,1H3;1H. The number of ether oxygens (including phenoxy) is 1. The third-order valence-corrected chi connectivity index (χ3v) is 3.95. The molecule has 0 spiro atoms. The molecule has 2 N–H and O–H groups in total. The lowest BCUT2D eigenvalue weighted by molar-refractivity contribution is -0.140. The van der Waals surface area contributed by atoms with Crippen molar-refractivity contribution in [2.75, 3.05) is 26.2 Å². The highest BCUT2D eigenvalue weighted by Crippen LogP contribution is 2.36. The smallest absolute Gasteiger partial charge is 0.419 e. The zero-order chi connectivity index (χ0) is 16.4. The Morgan fingerprint density at radius 3 is 2.61 bits per heavy atom. The maximum atomic E-state index is 12.8. The van der Waals surface area contributed by atoms with Crippen molar-refractivity contribution in [2.24, 2.45) is 11.1 Å². The largest absolute Gasteiger partial charge is 0.483 e. The summed E-state index contributed by atoms with van der Waals surface area (Å²) < 4.78 is 43.6. The van der Waals surface area contributed by atoms with Crippen molar-refractivity contribution in [3.8, 4) is 5.75 Å². The highest BCUT2D eigenvalue weighted by Gasteiger charge is 2.36. The molecule has 2 rings (SSSR count). The number of amides is 1. The van der Waals surface area contributed by atoms with Crippen LogP contribution in [0.4, 0.5) is 13.2 Å². The first kappa shape index (κ1) is 19.6. The summed E-state index contributed by atoms with van der Waals surface area (Å²) in [6.45, 7) is 3.10. The highest BCUT2D eigenvalue weighted by atomic mass is 35.5. The molecular formula is C15H20ClF3N2O2. The molecule has 0 bridgehead atoms. The Kier molecular flexibility index (Phi) is 6.30. The van der Waals surface area contributed by atoms with E-state index in [2.05, 4.69) is 0 Å². The van der Waals surface area contributed by atoms with Crippen LogP contribution >= 0.6 is 12.4 Å². The van der Waals surface area contributed by atoms with E-state index in [4.69, 9.17) is 10.5 Å². The molecule has 1 aliphatic heterocycles. The summed E-state index contributed by atoms with van der Waals surface area (Å²) in [7, 11) is 0. The number of carbonyl (C=O) groups is 1. The topological polar surface area (TPSA) is 55.6 Å². The molecule has 0 aromatic heterocycles. The van der Waals surface area contributed by atoms with Crippen molar-refractivity contribution in [1.29, 1.82) is 0 Å². The van der Waals surface area contributed by atoms with Gasteiger partial charge in [0.2, 0.25) is 0 Å². The molecule has 1 fully saturated rings. The van der Waals surface area contributed by atoms with Gasteiger partial charge >= 0.3 is 6.18 Å². The number of alkyl halides is 3. The number of rotatable bonds is 4. The molecule has 1 saturated heterocycles. The van der Waals surface area contributed by atoms with Crippen LogP contribution in [0.15, 0.2) is 24.3 Å². The van der Waals surface area contributed by atoms with Crippen LogP contribution in [0.1, 0.15) is 18.9 Å². The lowest BCUT2D eigenvalue weighted by Gasteiger charge is -2.22. The minimum absolute atomic E-state index is 0. The second kappa shape index (κ2) is 7.40. The Hall–Kier alpha value is -1.47. The number of hydrogen-bond acceptors (Lipinski definition) is 3. The number of likely N-dealkylation sites (tertiary alicyclic amines) is 1. The molecule has 1 unspecified atom stereocenters. The summed E-state index contributed by atoms with van der Waals surface area (Å²) >= 11 is 0. The van der Waals surface area contributed by atoms with Gasteiger partial charge in [-0.25, -0.2) is 0 Å². The Labute approximate surface area is 139 Å². The first-order valence-electron chi connectivity index (χ1n) is 7.02. The van der Waals surface area contributed by atoms with Gasteiger partial charge in [-0.15, -0.1) is 12.4 Å². The quantitative estimate of drug-likeness (QED) is 0.906. The van der Waals surface area contributed by atoms with Crippen molar-refractivity contribution in [3.63, 3.8) is 0 Å². The predicted octanol–water partition coefficient (Wildman–Crippen LogP) is 2.70. The van der Waals surface area contributed by atoms with Gasteiger partial charge in [0.15, 0.2) is 6.61 Å². The Bertz CT molecular complexity index is 554. The number of nitrogens with two attached hydrogens (primary N) is 1. The van der Waals surface area contributed by atoms with Gasteiger partial charge in [0.05, 0.1) is 5.56 Å². The van der Waals surface area contributed by atoms with Crippen LogP contribution in [-0.4, -0.2) is 37.0 Å². The molecule has 23 heavy (non-hydrogen) atoms. The van der Waals surface area contributed by atoms with Crippen LogP contribution in [0.2, 0.25) is 0 Å². The van der Waals surface area contributed by atoms with Gasteiger partial charge in [-0.05, 0) is 30.5 Å². The van der Waals surface area contributed by atoms with E-state index in [0.29, 0.717) is 19.6 Å². The van der Waals surface area contributed by atoms with E-state index < -0.39 is 18.3 Å². The summed E-state index contributed by atoms with van der Waals surface area (Å²) in [6, 6.07) is 4.87. The normalized spacial score (nSPS) is 21.0. The van der Waals surface area contributed by atoms with E-state index in [1.807, 2.05) is 6.92 Å². The van der Waals surface area contributed by atoms with Crippen molar-refractivity contribution in [3.05, 3.63) is 29.8 Å². The van der Waals surface area contributed by atoms with E-state index in [0.717, 1.165) is 12.5 Å². The minimum atomic E-state index is -4.51. The lowest BCUT2D eigenvalue weighted by atomic mass is 9.90. The molecule has 1 aromatic carbocycles. The maximum Gasteiger partial charge on any atom is 0.419 e. The zero-order valence-corrected chi connectivity index (χ0v) is 13.5. The van der Waals surface area contributed by atoms with E-state index in [9.17, 15) is 18.0 Å². The Balaban J connectivity index is 0.00000264. The van der Waals surface area contributed by atoms with E-state index >= 15 is 0 Å². The van der Waals surface area contributed by atoms with Crippen molar-refractivity contribution < 1.29 is 22.7 Å². The van der Waals surface area contributed by atoms with Gasteiger partial charge < -0.3 is 15.4 Å². The van der Waals surface area contributed by atoms with Gasteiger partial charge in [0, 0.05) is 13.1 Å². The maximum absolute atomic E-state index is 12.8. The fraction of sp³-hybridized carbons (Fsp3) is 0.533. The molecule has 1 aliphatic rings. The molecule has 0 aliphatic carbocycles. The van der Waals surface area contributed by atoms with Gasteiger partial charge in [-0.3, -0.25) is 4.79 Å². The van der Waals surface area contributed by atoms with Crippen molar-refractivity contribution >= 4 is 18.3 Å². The molecule has 1 aromatic rings. The van der Waals surface area contributed by atoms with Crippen LogP contribution in [0, 0.1) is 5.41 Å². The Morgan fingerprint density at radius 2 is 2.04 bits per heavy atom. The lowest BCUT2D eigenvalue weighted by Crippen LogP contribution is -2.37. The highest BCUT2D eigenvalue weighted by molar-refractivity contribution is 5.85. The summed E-state index contributed by atoms with van der Waals surface area (Å²) in [5, 5.41) is 0. The Morgan fingerprint density at radius 1 is 1.39 bits per heavy atom. The number of para-hydroxylation sites is 1. The fourth-order valence-electron chi connectivity index (χ4n) is 2.46. The first-order chi connectivity index (χ1) is 10.2. The SMILES string of the molecule is CC1(CN)CCN(C(=O)COc2ccccc2C(F)(F)F)C1.Cl. The van der Waals surface area contributed by atoms with Crippen LogP contribution in [-0.2, 0) is 11.0 Å². The molecule has 1 amide bonds. The summed E-state index contributed by atoms with van der Waals surface area (Å²) in [4.78, 5) is 13.6. The van der Waals surface area contributed by atoms with Crippen molar-refractivity contribution in [2.45, 2.75) is 19.5 Å². The molecule has 130 valence electrons. The third-order valence-electron chi connectivity index (χ3n) is 3.95. The molecular weight excluding hydrogens is 333 g/mol.